The second-order valence-corrected chi connectivity index (χ2v) is 1.98. The molecule has 1 rings (SSSR count). The molecule has 1 aliphatic heterocycles. The van der Waals surface area contributed by atoms with Crippen LogP contribution >= 0.6 is 0 Å². The van der Waals surface area contributed by atoms with Gasteiger partial charge in [0.1, 0.15) is 6.10 Å². The molecule has 0 saturated heterocycles. The lowest BCUT2D eigenvalue weighted by Gasteiger charge is -2.02. The van der Waals surface area contributed by atoms with Crippen molar-refractivity contribution in [2.45, 2.75) is 13.0 Å². The number of esters is 1. The second kappa shape index (κ2) is 2.05. The third kappa shape index (κ3) is 1.02. The summed E-state index contributed by atoms with van der Waals surface area (Å²) in [5, 5.41) is 0. The molecular formula is C7H8O2. The fourth-order valence-electron chi connectivity index (χ4n) is 0.754. The summed E-state index contributed by atoms with van der Waals surface area (Å²) in [6, 6.07) is 0. The Bertz CT molecular complexity index is 179. The number of hydrogen-bond donors (Lipinski definition) is 0. The molecule has 0 amide bonds. The molecule has 0 aromatic rings. The van der Waals surface area contributed by atoms with Crippen LogP contribution in [-0.4, -0.2) is 12.1 Å². The van der Waals surface area contributed by atoms with E-state index in [9.17, 15) is 4.79 Å². The molecule has 2 nitrogen and oxygen atoms in total. The molecule has 0 aromatic carbocycles. The van der Waals surface area contributed by atoms with Crippen molar-refractivity contribution in [2.75, 3.05) is 0 Å². The van der Waals surface area contributed by atoms with E-state index in [1.54, 1.807) is 6.08 Å². The minimum absolute atomic E-state index is 0.183. The monoisotopic (exact) mass is 124 g/mol. The fourth-order valence-corrected chi connectivity index (χ4v) is 0.754. The number of carbonyl (C=O) groups is 1. The molecule has 1 unspecified atom stereocenters. The molecule has 1 atom stereocenters. The Morgan fingerprint density at radius 3 is 2.78 bits per heavy atom. The van der Waals surface area contributed by atoms with Gasteiger partial charge in [0, 0.05) is 6.08 Å². The van der Waals surface area contributed by atoms with Gasteiger partial charge in [-0.15, -0.1) is 0 Å². The normalized spacial score (nSPS) is 25.2. The first-order chi connectivity index (χ1) is 4.24. The zero-order chi connectivity index (χ0) is 6.85. The van der Waals surface area contributed by atoms with E-state index in [1.807, 2.05) is 6.92 Å². The first-order valence-corrected chi connectivity index (χ1v) is 2.75. The van der Waals surface area contributed by atoms with E-state index >= 15 is 0 Å². The van der Waals surface area contributed by atoms with Crippen molar-refractivity contribution in [3.05, 3.63) is 24.3 Å². The molecule has 0 aromatic heterocycles. The predicted molar refractivity (Wildman–Crippen MR) is 33.8 cm³/mol. The molecule has 0 saturated carbocycles. The standard InChI is InChI=1S/C7H8O2/c1-3-6-5(2)4-7(8)9-6/h3-4,6H,1H2,2H3. The van der Waals surface area contributed by atoms with Crippen molar-refractivity contribution in [1.82, 2.24) is 0 Å². The van der Waals surface area contributed by atoms with Gasteiger partial charge in [0.15, 0.2) is 0 Å². The Labute approximate surface area is 53.8 Å². The van der Waals surface area contributed by atoms with E-state index < -0.39 is 0 Å². The van der Waals surface area contributed by atoms with E-state index in [0.29, 0.717) is 0 Å². The van der Waals surface area contributed by atoms with Gasteiger partial charge in [-0.2, -0.15) is 0 Å². The molecule has 0 bridgehead atoms. The minimum atomic E-state index is -0.266. The van der Waals surface area contributed by atoms with Gasteiger partial charge >= 0.3 is 5.97 Å². The zero-order valence-electron chi connectivity index (χ0n) is 5.26. The van der Waals surface area contributed by atoms with Crippen molar-refractivity contribution in [3.63, 3.8) is 0 Å². The summed E-state index contributed by atoms with van der Waals surface area (Å²) in [7, 11) is 0. The van der Waals surface area contributed by atoms with E-state index in [1.165, 1.54) is 6.08 Å². The number of hydrogen-bond acceptors (Lipinski definition) is 2. The largest absolute Gasteiger partial charge is 0.450 e. The summed E-state index contributed by atoms with van der Waals surface area (Å²) in [5.41, 5.74) is 0.926. The van der Waals surface area contributed by atoms with Crippen LogP contribution in [0.1, 0.15) is 6.92 Å². The molecule has 0 fully saturated rings. The number of cyclic esters (lactones) is 1. The Morgan fingerprint density at radius 1 is 1.89 bits per heavy atom. The van der Waals surface area contributed by atoms with Crippen molar-refractivity contribution >= 4 is 5.97 Å². The maximum absolute atomic E-state index is 10.5. The molecule has 1 aliphatic rings. The van der Waals surface area contributed by atoms with Crippen LogP contribution in [0.2, 0.25) is 0 Å². The second-order valence-electron chi connectivity index (χ2n) is 1.98. The lowest BCUT2D eigenvalue weighted by atomic mass is 10.2. The van der Waals surface area contributed by atoms with Crippen LogP contribution < -0.4 is 0 Å². The van der Waals surface area contributed by atoms with E-state index in [0.717, 1.165) is 5.57 Å². The summed E-state index contributed by atoms with van der Waals surface area (Å²) < 4.78 is 4.77. The topological polar surface area (TPSA) is 26.3 Å². The molecule has 48 valence electrons. The molecule has 0 N–H and O–H groups in total. The van der Waals surface area contributed by atoms with Crippen LogP contribution in [0.4, 0.5) is 0 Å². The third-order valence-electron chi connectivity index (χ3n) is 1.25. The molecule has 0 aliphatic carbocycles. The van der Waals surface area contributed by atoms with Crippen LogP contribution in [0, 0.1) is 0 Å². The lowest BCUT2D eigenvalue weighted by molar-refractivity contribution is -0.137. The predicted octanol–water partition coefficient (Wildman–Crippen LogP) is 1.04. The van der Waals surface area contributed by atoms with Gasteiger partial charge in [-0.1, -0.05) is 6.58 Å². The van der Waals surface area contributed by atoms with Gasteiger partial charge in [0.2, 0.25) is 0 Å². The quantitative estimate of drug-likeness (QED) is 0.385. The molecule has 0 radical (unpaired) electrons. The zero-order valence-corrected chi connectivity index (χ0v) is 5.26. The first kappa shape index (κ1) is 6.08. The van der Waals surface area contributed by atoms with Gasteiger partial charge in [0.25, 0.3) is 0 Å². The summed E-state index contributed by atoms with van der Waals surface area (Å²) >= 11 is 0. The van der Waals surface area contributed by atoms with Crippen molar-refractivity contribution < 1.29 is 9.53 Å². The van der Waals surface area contributed by atoms with E-state index in [-0.39, 0.29) is 12.1 Å². The Kier molecular flexibility index (Phi) is 1.39. The average molecular weight is 124 g/mol. The maximum atomic E-state index is 10.5. The highest BCUT2D eigenvalue weighted by Crippen LogP contribution is 2.14. The van der Waals surface area contributed by atoms with Crippen molar-refractivity contribution in [1.29, 1.82) is 0 Å². The van der Waals surface area contributed by atoms with Gasteiger partial charge in [-0.05, 0) is 18.6 Å². The number of carbonyl (C=O) groups excluding carboxylic acids is 1. The summed E-state index contributed by atoms with van der Waals surface area (Å²) in [6.45, 7) is 5.35. The molecule has 0 spiro atoms. The fraction of sp³-hybridized carbons (Fsp3) is 0.286. The Morgan fingerprint density at radius 2 is 2.56 bits per heavy atom. The number of ether oxygens (including phenoxy) is 1. The Hall–Kier alpha value is -1.05. The van der Waals surface area contributed by atoms with Gasteiger partial charge < -0.3 is 4.74 Å². The maximum Gasteiger partial charge on any atom is 0.331 e. The van der Waals surface area contributed by atoms with Crippen LogP contribution in [0.25, 0.3) is 0 Å². The van der Waals surface area contributed by atoms with Crippen LogP contribution in [0.5, 0.6) is 0 Å². The highest BCUT2D eigenvalue weighted by atomic mass is 16.5. The Balaban J connectivity index is 2.75. The highest BCUT2D eigenvalue weighted by Gasteiger charge is 2.18. The molecular weight excluding hydrogens is 116 g/mol. The third-order valence-corrected chi connectivity index (χ3v) is 1.25. The highest BCUT2D eigenvalue weighted by molar-refractivity contribution is 5.86. The molecule has 2 heteroatoms. The van der Waals surface area contributed by atoms with Gasteiger partial charge in [0.05, 0.1) is 0 Å². The number of rotatable bonds is 1. The molecule has 1 heterocycles. The van der Waals surface area contributed by atoms with Crippen LogP contribution in [0.15, 0.2) is 24.3 Å². The smallest absolute Gasteiger partial charge is 0.331 e. The van der Waals surface area contributed by atoms with Crippen molar-refractivity contribution in [2.24, 2.45) is 0 Å². The van der Waals surface area contributed by atoms with Gasteiger partial charge in [-0.3, -0.25) is 0 Å². The summed E-state index contributed by atoms with van der Waals surface area (Å²) in [4.78, 5) is 10.5. The lowest BCUT2D eigenvalue weighted by Crippen LogP contribution is -2.05. The van der Waals surface area contributed by atoms with E-state index in [4.69, 9.17) is 4.74 Å². The first-order valence-electron chi connectivity index (χ1n) is 2.75. The van der Waals surface area contributed by atoms with Gasteiger partial charge in [-0.25, -0.2) is 4.79 Å². The van der Waals surface area contributed by atoms with E-state index in [2.05, 4.69) is 6.58 Å². The van der Waals surface area contributed by atoms with Crippen LogP contribution in [-0.2, 0) is 9.53 Å². The van der Waals surface area contributed by atoms with Crippen LogP contribution in [0.3, 0.4) is 0 Å². The minimum Gasteiger partial charge on any atom is -0.450 e. The molecule has 9 heavy (non-hydrogen) atoms. The summed E-state index contributed by atoms with van der Waals surface area (Å²) in [6.07, 6.45) is 2.90. The van der Waals surface area contributed by atoms with Crippen molar-refractivity contribution in [3.8, 4) is 0 Å². The average Bonchev–Trinajstić information content (AvgIpc) is 2.10. The summed E-state index contributed by atoms with van der Waals surface area (Å²) in [5.74, 6) is -0.266. The SMILES string of the molecule is C=CC1OC(=O)C=C1C.